The molecule has 0 saturated heterocycles. The van der Waals surface area contributed by atoms with Crippen LogP contribution in [0.2, 0.25) is 0 Å². The largest absolute Gasteiger partial charge is 0.458 e. The van der Waals surface area contributed by atoms with Crippen molar-refractivity contribution in [3.05, 3.63) is 23.3 Å². The zero-order chi connectivity index (χ0) is 27.0. The van der Waals surface area contributed by atoms with Gasteiger partial charge in [0.1, 0.15) is 11.2 Å². The van der Waals surface area contributed by atoms with Gasteiger partial charge in [-0.2, -0.15) is 0 Å². The Morgan fingerprint density at radius 1 is 1.03 bits per heavy atom. The lowest BCUT2D eigenvalue weighted by atomic mass is 9.49. The number of hydrogen-bond acceptors (Lipinski definition) is 6. The summed E-state index contributed by atoms with van der Waals surface area (Å²) in [5.74, 6) is 0.201. The number of Topliss-reactive ketones (excluding diaryl/α,β-unsaturated/α-hetero) is 1. The molecular weight excluding hydrogens is 480 g/mol. The summed E-state index contributed by atoms with van der Waals surface area (Å²) < 4.78 is 6.57. The molecule has 0 amide bonds. The predicted octanol–water partition coefficient (Wildman–Crippen LogP) is 4.12. The Balaban J connectivity index is 1.21. The van der Waals surface area contributed by atoms with Crippen molar-refractivity contribution in [1.29, 1.82) is 0 Å². The molecule has 3 N–H and O–H groups in total. The number of rotatable bonds is 4. The molecule has 8 aliphatic carbocycles. The molecular formula is C32H44O6. The molecule has 8 aliphatic rings. The number of esters is 1. The molecule has 0 unspecified atom stereocenters. The third-order valence-electron chi connectivity index (χ3n) is 12.9. The third-order valence-corrected chi connectivity index (χ3v) is 12.9. The number of ether oxygens (including phenoxy) is 1. The van der Waals surface area contributed by atoms with E-state index in [2.05, 4.69) is 13.8 Å². The monoisotopic (exact) mass is 524 g/mol. The fourth-order valence-corrected chi connectivity index (χ4v) is 11.6. The minimum atomic E-state index is -1.76. The van der Waals surface area contributed by atoms with Crippen LogP contribution in [0.25, 0.3) is 0 Å². The van der Waals surface area contributed by atoms with E-state index < -0.39 is 28.6 Å². The summed E-state index contributed by atoms with van der Waals surface area (Å²) in [4.78, 5) is 26.9. The fraction of sp³-hybridized carbons (Fsp3) is 0.812. The van der Waals surface area contributed by atoms with Gasteiger partial charge in [-0.3, -0.25) is 9.59 Å². The van der Waals surface area contributed by atoms with E-state index in [4.69, 9.17) is 4.74 Å². The van der Waals surface area contributed by atoms with Gasteiger partial charge in [-0.1, -0.05) is 32.9 Å². The maximum Gasteiger partial charge on any atom is 0.306 e. The Labute approximate surface area is 225 Å². The minimum absolute atomic E-state index is 0.0122. The number of fused-ring (bicyclic) bond motifs is 5. The molecule has 0 aromatic carbocycles. The lowest BCUT2D eigenvalue weighted by molar-refractivity contribution is -0.189. The molecule has 6 saturated carbocycles. The van der Waals surface area contributed by atoms with E-state index >= 15 is 0 Å². The van der Waals surface area contributed by atoms with Crippen molar-refractivity contribution in [3.63, 3.8) is 0 Å². The number of carbonyl (C=O) groups is 2. The average molecular weight is 525 g/mol. The molecule has 6 heteroatoms. The molecule has 0 heterocycles. The van der Waals surface area contributed by atoms with Crippen molar-refractivity contribution in [2.75, 3.05) is 6.61 Å². The molecule has 0 radical (unpaired) electrons. The van der Waals surface area contributed by atoms with Gasteiger partial charge in [-0.25, -0.2) is 0 Å². The Hall–Kier alpha value is -1.50. The van der Waals surface area contributed by atoms with Crippen molar-refractivity contribution in [3.8, 4) is 0 Å². The lowest BCUT2D eigenvalue weighted by Crippen LogP contribution is -2.61. The van der Waals surface area contributed by atoms with E-state index in [1.54, 1.807) is 13.0 Å². The standard InChI is InChI=1S/C32H44O6/c1-17-5-24-30(36,27(17)35)14-22(16-33)9-23-26-28(3,4)31(26,10-18(2)32(23,24)37)38-25(34)15-29-11-19-6-20(12-29)8-21(7-19)13-29/h5,9,18-21,23-24,26,33,36-37H,6-8,10-16H2,1-4H3/t18-,19?,20?,21?,23+,24-,26-,29?,30-,31+,32-/m1/s1. The highest BCUT2D eigenvalue weighted by Crippen LogP contribution is 2.77. The van der Waals surface area contributed by atoms with E-state index in [0.717, 1.165) is 37.0 Å². The Morgan fingerprint density at radius 3 is 2.21 bits per heavy atom. The van der Waals surface area contributed by atoms with E-state index in [1.165, 1.54) is 19.3 Å². The molecule has 0 aromatic heterocycles. The normalized spacial score (nSPS) is 53.3. The van der Waals surface area contributed by atoms with Gasteiger partial charge in [-0.15, -0.1) is 0 Å². The Kier molecular flexibility index (Phi) is 5.10. The quantitative estimate of drug-likeness (QED) is 0.378. The van der Waals surface area contributed by atoms with E-state index in [1.807, 2.05) is 13.0 Å². The third kappa shape index (κ3) is 3.06. The first-order valence-electron chi connectivity index (χ1n) is 15.0. The molecule has 208 valence electrons. The number of aliphatic hydroxyl groups excluding tert-OH is 1. The zero-order valence-corrected chi connectivity index (χ0v) is 23.3. The van der Waals surface area contributed by atoms with E-state index in [0.29, 0.717) is 24.0 Å². The first-order valence-corrected chi connectivity index (χ1v) is 15.0. The maximum atomic E-state index is 13.7. The summed E-state index contributed by atoms with van der Waals surface area (Å²) in [6, 6.07) is 0. The summed E-state index contributed by atoms with van der Waals surface area (Å²) in [5, 5.41) is 34.4. The molecule has 6 fully saturated rings. The van der Waals surface area contributed by atoms with Gasteiger partial charge in [0, 0.05) is 29.6 Å². The SMILES string of the molecule is CC1=C[C@H]2[C@@]3(O)[C@H](C)C[C@]4(OC(=O)CC56CC7CC(CC(C7)C5)C6)[C@H]([C@@H]3C=C(CO)C[C@]2(O)C1=O)C4(C)C. The van der Waals surface area contributed by atoms with Crippen LogP contribution in [0, 0.1) is 52.3 Å². The van der Waals surface area contributed by atoms with Crippen molar-refractivity contribution < 1.29 is 29.6 Å². The van der Waals surface area contributed by atoms with E-state index in [-0.39, 0.29) is 47.4 Å². The number of carbonyl (C=O) groups excluding carboxylic acids is 2. The highest BCUT2D eigenvalue weighted by atomic mass is 16.6. The number of hydrogen-bond donors (Lipinski definition) is 3. The summed E-state index contributed by atoms with van der Waals surface area (Å²) in [6.45, 7) is 7.63. The first-order chi connectivity index (χ1) is 17.8. The van der Waals surface area contributed by atoms with Crippen molar-refractivity contribution in [1.82, 2.24) is 0 Å². The van der Waals surface area contributed by atoms with Crippen molar-refractivity contribution >= 4 is 11.8 Å². The second-order valence-electron chi connectivity index (χ2n) is 15.4. The number of aliphatic hydroxyl groups is 3. The van der Waals surface area contributed by atoms with E-state index in [9.17, 15) is 24.9 Å². The summed E-state index contributed by atoms with van der Waals surface area (Å²) in [5.41, 5.74) is -3.06. The Bertz CT molecular complexity index is 1130. The van der Waals surface area contributed by atoms with Crippen LogP contribution in [0.5, 0.6) is 0 Å². The smallest absolute Gasteiger partial charge is 0.306 e. The highest BCUT2D eigenvalue weighted by Gasteiger charge is 2.83. The van der Waals surface area contributed by atoms with Crippen LogP contribution in [0.1, 0.15) is 85.5 Å². The average Bonchev–Trinajstić information content (AvgIpc) is 3.21. The molecule has 0 spiro atoms. The van der Waals surface area contributed by atoms with Gasteiger partial charge in [-0.05, 0) is 92.1 Å². The van der Waals surface area contributed by atoms with Gasteiger partial charge in [0.2, 0.25) is 0 Å². The van der Waals surface area contributed by atoms with Crippen LogP contribution in [0.15, 0.2) is 23.3 Å². The lowest BCUT2D eigenvalue weighted by Gasteiger charge is -2.56. The first kappa shape index (κ1) is 25.5. The topological polar surface area (TPSA) is 104 Å². The molecule has 8 rings (SSSR count). The van der Waals surface area contributed by atoms with Gasteiger partial charge in [0.15, 0.2) is 5.78 Å². The van der Waals surface area contributed by atoms with Gasteiger partial charge in [0.25, 0.3) is 0 Å². The Morgan fingerprint density at radius 2 is 1.63 bits per heavy atom. The van der Waals surface area contributed by atoms with Gasteiger partial charge < -0.3 is 20.1 Å². The predicted molar refractivity (Wildman–Crippen MR) is 141 cm³/mol. The molecule has 0 aliphatic heterocycles. The van der Waals surface area contributed by atoms with Crippen LogP contribution in [0.4, 0.5) is 0 Å². The second-order valence-corrected chi connectivity index (χ2v) is 15.4. The summed E-state index contributed by atoms with van der Waals surface area (Å²) in [6.07, 6.45) is 12.2. The molecule has 0 aromatic rings. The zero-order valence-electron chi connectivity index (χ0n) is 23.3. The maximum absolute atomic E-state index is 13.7. The molecule has 38 heavy (non-hydrogen) atoms. The molecule has 6 nitrogen and oxygen atoms in total. The molecule has 4 bridgehead atoms. The van der Waals surface area contributed by atoms with Crippen LogP contribution < -0.4 is 0 Å². The second kappa shape index (κ2) is 7.61. The number of ketones is 1. The van der Waals surface area contributed by atoms with Gasteiger partial charge >= 0.3 is 5.97 Å². The van der Waals surface area contributed by atoms with Crippen LogP contribution in [-0.2, 0) is 14.3 Å². The van der Waals surface area contributed by atoms with Crippen LogP contribution >= 0.6 is 0 Å². The summed E-state index contributed by atoms with van der Waals surface area (Å²) in [7, 11) is 0. The highest BCUT2D eigenvalue weighted by molar-refractivity contribution is 6.04. The molecule has 7 atom stereocenters. The van der Waals surface area contributed by atoms with Crippen molar-refractivity contribution in [2.45, 2.75) is 102 Å². The fourth-order valence-electron chi connectivity index (χ4n) is 11.6. The van der Waals surface area contributed by atoms with Crippen LogP contribution in [-0.4, -0.2) is 50.5 Å². The van der Waals surface area contributed by atoms with Crippen LogP contribution in [0.3, 0.4) is 0 Å². The minimum Gasteiger partial charge on any atom is -0.458 e. The van der Waals surface area contributed by atoms with Gasteiger partial charge in [0.05, 0.1) is 18.6 Å². The summed E-state index contributed by atoms with van der Waals surface area (Å²) >= 11 is 0. The van der Waals surface area contributed by atoms with Crippen molar-refractivity contribution in [2.24, 2.45) is 52.3 Å².